The Morgan fingerprint density at radius 3 is 2.69 bits per heavy atom. The molecule has 0 bridgehead atoms. The average Bonchev–Trinajstić information content (AvgIpc) is 2.02. The van der Waals surface area contributed by atoms with Crippen LogP contribution in [-0.4, -0.2) is 23.2 Å². The summed E-state index contributed by atoms with van der Waals surface area (Å²) in [5.74, 6) is -1.34. The van der Waals surface area contributed by atoms with Crippen molar-refractivity contribution in [1.82, 2.24) is 4.98 Å². The van der Waals surface area contributed by atoms with Gasteiger partial charge in [-0.3, -0.25) is 4.79 Å². The summed E-state index contributed by atoms with van der Waals surface area (Å²) in [7, 11) is 1.26. The summed E-state index contributed by atoms with van der Waals surface area (Å²) >= 11 is 0. The van der Waals surface area contributed by atoms with Crippen molar-refractivity contribution in [3.63, 3.8) is 0 Å². The zero-order valence-corrected chi connectivity index (χ0v) is 7.25. The van der Waals surface area contributed by atoms with E-state index in [9.17, 15) is 9.59 Å². The van der Waals surface area contributed by atoms with E-state index < -0.39 is 11.5 Å². The summed E-state index contributed by atoms with van der Waals surface area (Å²) in [5, 5.41) is 8.71. The van der Waals surface area contributed by atoms with Crippen molar-refractivity contribution in [2.24, 2.45) is 0 Å². The van der Waals surface area contributed by atoms with E-state index in [0.29, 0.717) is 5.69 Å². The first-order chi connectivity index (χ1) is 6.06. The van der Waals surface area contributed by atoms with Gasteiger partial charge in [-0.1, -0.05) is 0 Å². The van der Waals surface area contributed by atoms with Crippen LogP contribution in [0.25, 0.3) is 0 Å². The van der Waals surface area contributed by atoms with Gasteiger partial charge in [0.25, 0.3) is 5.56 Å². The molecule has 70 valence electrons. The maximum Gasteiger partial charge on any atom is 0.339 e. The normalized spacial score (nSPS) is 9.69. The van der Waals surface area contributed by atoms with Gasteiger partial charge >= 0.3 is 5.97 Å². The van der Waals surface area contributed by atoms with Gasteiger partial charge in [0, 0.05) is 5.69 Å². The Kier molecular flexibility index (Phi) is 2.36. The van der Waals surface area contributed by atoms with Crippen molar-refractivity contribution in [3.8, 4) is 5.75 Å². The number of rotatable bonds is 2. The Bertz CT molecular complexity index is 394. The third-order valence-electron chi connectivity index (χ3n) is 1.56. The number of pyridine rings is 1. The third-order valence-corrected chi connectivity index (χ3v) is 1.56. The van der Waals surface area contributed by atoms with Crippen molar-refractivity contribution in [3.05, 3.63) is 27.7 Å². The molecule has 0 fully saturated rings. The summed E-state index contributed by atoms with van der Waals surface area (Å²) < 4.78 is 4.67. The van der Waals surface area contributed by atoms with E-state index in [1.54, 1.807) is 6.92 Å². The number of carboxylic acid groups (broad SMARTS) is 1. The van der Waals surface area contributed by atoms with Crippen LogP contribution < -0.4 is 10.3 Å². The van der Waals surface area contributed by atoms with E-state index in [-0.39, 0.29) is 11.3 Å². The second kappa shape index (κ2) is 3.30. The minimum Gasteiger partial charge on any atom is -0.490 e. The van der Waals surface area contributed by atoms with E-state index in [1.165, 1.54) is 13.2 Å². The molecule has 0 unspecified atom stereocenters. The van der Waals surface area contributed by atoms with Crippen molar-refractivity contribution < 1.29 is 14.6 Å². The number of hydrogen-bond acceptors (Lipinski definition) is 3. The third kappa shape index (κ3) is 1.69. The van der Waals surface area contributed by atoms with Gasteiger partial charge < -0.3 is 14.8 Å². The van der Waals surface area contributed by atoms with E-state index in [1.807, 2.05) is 0 Å². The molecule has 0 saturated carbocycles. The Morgan fingerprint density at radius 2 is 2.23 bits per heavy atom. The molecule has 0 spiro atoms. The van der Waals surface area contributed by atoms with E-state index in [2.05, 4.69) is 9.72 Å². The summed E-state index contributed by atoms with van der Waals surface area (Å²) in [5.41, 5.74) is -0.160. The lowest BCUT2D eigenvalue weighted by molar-refractivity contribution is 0.0692. The molecule has 5 heteroatoms. The highest BCUT2D eigenvalue weighted by Gasteiger charge is 2.14. The monoisotopic (exact) mass is 183 g/mol. The summed E-state index contributed by atoms with van der Waals surface area (Å²) in [6.45, 7) is 1.60. The number of nitrogens with one attached hydrogen (secondary N) is 1. The smallest absolute Gasteiger partial charge is 0.339 e. The molecule has 0 saturated heterocycles. The number of aromatic carboxylic acids is 1. The number of methoxy groups -OCH3 is 1. The Hall–Kier alpha value is -1.78. The van der Waals surface area contributed by atoms with Crippen LogP contribution in [0.4, 0.5) is 0 Å². The Balaban J connectivity index is 3.47. The SMILES string of the molecule is COc1c(C(=O)O)cc(C)[nH]c1=O. The number of ether oxygens (including phenoxy) is 1. The highest BCUT2D eigenvalue weighted by atomic mass is 16.5. The highest BCUT2D eigenvalue weighted by Crippen LogP contribution is 2.12. The second-order valence-electron chi connectivity index (χ2n) is 2.53. The average molecular weight is 183 g/mol. The van der Waals surface area contributed by atoms with Crippen molar-refractivity contribution >= 4 is 5.97 Å². The standard InChI is InChI=1S/C8H9NO4/c1-4-3-5(8(11)12)6(13-2)7(10)9-4/h3H,1-2H3,(H,9,10)(H,11,12). The predicted molar refractivity (Wildman–Crippen MR) is 45.3 cm³/mol. The van der Waals surface area contributed by atoms with Crippen LogP contribution in [0.15, 0.2) is 10.9 Å². The molecule has 0 aliphatic heterocycles. The first-order valence-electron chi connectivity index (χ1n) is 3.57. The van der Waals surface area contributed by atoms with Gasteiger partial charge in [-0.15, -0.1) is 0 Å². The first kappa shape index (κ1) is 9.31. The first-order valence-corrected chi connectivity index (χ1v) is 3.57. The molecule has 2 N–H and O–H groups in total. The van der Waals surface area contributed by atoms with Gasteiger partial charge in [0.15, 0.2) is 5.75 Å². The molecule has 5 nitrogen and oxygen atoms in total. The molecule has 1 heterocycles. The van der Waals surface area contributed by atoms with Crippen LogP contribution >= 0.6 is 0 Å². The molecule has 13 heavy (non-hydrogen) atoms. The van der Waals surface area contributed by atoms with Crippen molar-refractivity contribution in [2.45, 2.75) is 6.92 Å². The number of carboxylic acids is 1. The fourth-order valence-corrected chi connectivity index (χ4v) is 1.04. The van der Waals surface area contributed by atoms with E-state index >= 15 is 0 Å². The molecule has 1 aromatic heterocycles. The maximum atomic E-state index is 11.2. The van der Waals surface area contributed by atoms with Gasteiger partial charge in [-0.2, -0.15) is 0 Å². The predicted octanol–water partition coefficient (Wildman–Crippen LogP) is 0.390. The molecule has 1 rings (SSSR count). The topological polar surface area (TPSA) is 79.4 Å². The largest absolute Gasteiger partial charge is 0.490 e. The Morgan fingerprint density at radius 1 is 1.62 bits per heavy atom. The maximum absolute atomic E-state index is 11.2. The number of aryl methyl sites for hydroxylation is 1. The van der Waals surface area contributed by atoms with E-state index in [0.717, 1.165) is 0 Å². The minimum atomic E-state index is -1.17. The molecular formula is C8H9NO4. The van der Waals surface area contributed by atoms with Gasteiger partial charge in [0.2, 0.25) is 0 Å². The van der Waals surface area contributed by atoms with Gasteiger partial charge in [0.1, 0.15) is 5.56 Å². The summed E-state index contributed by atoms with van der Waals surface area (Å²) in [4.78, 5) is 24.2. The molecule has 0 atom stereocenters. The second-order valence-corrected chi connectivity index (χ2v) is 2.53. The minimum absolute atomic E-state index is 0.122. The molecule has 0 radical (unpaired) electrons. The lowest BCUT2D eigenvalue weighted by Crippen LogP contribution is -2.15. The van der Waals surface area contributed by atoms with Gasteiger partial charge in [-0.05, 0) is 13.0 Å². The summed E-state index contributed by atoms with van der Waals surface area (Å²) in [6, 6.07) is 1.35. The molecule has 0 aromatic carbocycles. The number of carbonyl (C=O) groups is 1. The zero-order valence-electron chi connectivity index (χ0n) is 7.25. The number of hydrogen-bond donors (Lipinski definition) is 2. The molecule has 0 amide bonds. The Labute approximate surface area is 74.0 Å². The van der Waals surface area contributed by atoms with Crippen molar-refractivity contribution in [2.75, 3.05) is 7.11 Å². The lowest BCUT2D eigenvalue weighted by atomic mass is 10.2. The van der Waals surface area contributed by atoms with Gasteiger partial charge in [0.05, 0.1) is 7.11 Å². The number of H-pyrrole nitrogens is 1. The van der Waals surface area contributed by atoms with E-state index in [4.69, 9.17) is 5.11 Å². The molecule has 0 aliphatic rings. The van der Waals surface area contributed by atoms with Crippen LogP contribution in [0.5, 0.6) is 5.75 Å². The quantitative estimate of drug-likeness (QED) is 0.695. The lowest BCUT2D eigenvalue weighted by Gasteiger charge is -2.03. The highest BCUT2D eigenvalue weighted by molar-refractivity contribution is 5.90. The van der Waals surface area contributed by atoms with Crippen LogP contribution in [0.3, 0.4) is 0 Å². The van der Waals surface area contributed by atoms with Crippen molar-refractivity contribution in [1.29, 1.82) is 0 Å². The molecule has 0 aliphatic carbocycles. The van der Waals surface area contributed by atoms with Gasteiger partial charge in [-0.25, -0.2) is 4.79 Å². The molecular weight excluding hydrogens is 174 g/mol. The zero-order chi connectivity index (χ0) is 10.0. The number of aromatic nitrogens is 1. The van der Waals surface area contributed by atoms with Crippen LogP contribution in [0, 0.1) is 6.92 Å². The van der Waals surface area contributed by atoms with Crippen LogP contribution in [0.1, 0.15) is 16.1 Å². The molecule has 1 aromatic rings. The fraction of sp³-hybridized carbons (Fsp3) is 0.250. The van der Waals surface area contributed by atoms with Crippen LogP contribution in [-0.2, 0) is 0 Å². The summed E-state index contributed by atoms with van der Waals surface area (Å²) in [6.07, 6.45) is 0. The number of aromatic amines is 1. The van der Waals surface area contributed by atoms with Crippen LogP contribution in [0.2, 0.25) is 0 Å². The fourth-order valence-electron chi connectivity index (χ4n) is 1.04.